The fourth-order valence-corrected chi connectivity index (χ4v) is 3.42. The van der Waals surface area contributed by atoms with Gasteiger partial charge in [0.15, 0.2) is 0 Å². The number of amides is 2. The number of likely N-dealkylation sites (tertiary alicyclic amines) is 1. The van der Waals surface area contributed by atoms with E-state index in [0.29, 0.717) is 5.92 Å². The molecule has 2 N–H and O–H groups in total. The molecule has 144 valence electrons. The van der Waals surface area contributed by atoms with Crippen molar-refractivity contribution in [1.82, 2.24) is 10.4 Å². The fraction of sp³-hybridized carbons (Fsp3) is 0.217. The number of hydrogen-bond acceptors (Lipinski definition) is 3. The van der Waals surface area contributed by atoms with Crippen LogP contribution in [0.1, 0.15) is 35.4 Å². The molecule has 1 aliphatic rings. The summed E-state index contributed by atoms with van der Waals surface area (Å²) in [4.78, 5) is 25.6. The van der Waals surface area contributed by atoms with Crippen LogP contribution in [0.25, 0.3) is 12.2 Å². The zero-order valence-electron chi connectivity index (χ0n) is 15.6. The molecule has 3 rings (SSSR count). The number of carbonyl (C=O) groups excluding carboxylic acids is 2. The first-order valence-corrected chi connectivity index (χ1v) is 9.40. The van der Waals surface area contributed by atoms with E-state index in [-0.39, 0.29) is 5.91 Å². The molecule has 0 unspecified atom stereocenters. The summed E-state index contributed by atoms with van der Waals surface area (Å²) in [7, 11) is 0. The van der Waals surface area contributed by atoms with E-state index in [1.165, 1.54) is 11.6 Å². The van der Waals surface area contributed by atoms with Crippen LogP contribution in [0.2, 0.25) is 0 Å². The first-order valence-electron chi connectivity index (χ1n) is 9.40. The molecule has 1 atom stereocenters. The molecule has 1 fully saturated rings. The molecule has 0 radical (unpaired) electrons. The number of rotatable bonds is 5. The molecular formula is C23H24N2O3. The van der Waals surface area contributed by atoms with Gasteiger partial charge in [0.2, 0.25) is 5.91 Å². The Bertz CT molecular complexity index is 874. The number of nitrogens with zero attached hydrogens (tertiary/aromatic N) is 1. The van der Waals surface area contributed by atoms with E-state index in [9.17, 15) is 9.59 Å². The number of hydroxylamine groups is 1. The maximum atomic E-state index is 12.6. The molecule has 0 saturated carbocycles. The second kappa shape index (κ2) is 9.67. The van der Waals surface area contributed by atoms with Crippen molar-refractivity contribution in [1.29, 1.82) is 0 Å². The molecule has 1 heterocycles. The Morgan fingerprint density at radius 1 is 1.00 bits per heavy atom. The number of benzene rings is 2. The topological polar surface area (TPSA) is 69.6 Å². The largest absolute Gasteiger partial charge is 0.339 e. The Balaban J connectivity index is 1.63. The molecule has 1 saturated heterocycles. The van der Waals surface area contributed by atoms with Gasteiger partial charge in [-0.05, 0) is 47.8 Å². The molecule has 2 aromatic carbocycles. The quantitative estimate of drug-likeness (QED) is 0.476. The second-order valence-corrected chi connectivity index (χ2v) is 6.85. The van der Waals surface area contributed by atoms with Crippen molar-refractivity contribution in [3.63, 3.8) is 0 Å². The highest BCUT2D eigenvalue weighted by atomic mass is 16.5. The highest BCUT2D eigenvalue weighted by molar-refractivity contribution is 5.92. The van der Waals surface area contributed by atoms with Crippen LogP contribution in [0, 0.1) is 0 Å². The monoisotopic (exact) mass is 376 g/mol. The lowest BCUT2D eigenvalue weighted by atomic mass is 9.90. The van der Waals surface area contributed by atoms with Gasteiger partial charge in [0.25, 0.3) is 5.91 Å². The van der Waals surface area contributed by atoms with Gasteiger partial charge in [0, 0.05) is 31.2 Å². The van der Waals surface area contributed by atoms with E-state index in [4.69, 9.17) is 5.21 Å². The van der Waals surface area contributed by atoms with Gasteiger partial charge in [-0.2, -0.15) is 0 Å². The minimum absolute atomic E-state index is 0.0150. The summed E-state index contributed by atoms with van der Waals surface area (Å²) in [5, 5.41) is 8.52. The fourth-order valence-electron chi connectivity index (χ4n) is 3.42. The van der Waals surface area contributed by atoms with Gasteiger partial charge in [0.1, 0.15) is 0 Å². The zero-order chi connectivity index (χ0) is 19.8. The van der Waals surface area contributed by atoms with Crippen LogP contribution in [-0.2, 0) is 9.59 Å². The summed E-state index contributed by atoms with van der Waals surface area (Å²) in [6, 6.07) is 17.8. The first kappa shape index (κ1) is 19.6. The lowest BCUT2D eigenvalue weighted by Gasteiger charge is -2.32. The van der Waals surface area contributed by atoms with Crippen LogP contribution < -0.4 is 5.48 Å². The average Bonchev–Trinajstić information content (AvgIpc) is 2.76. The van der Waals surface area contributed by atoms with E-state index in [2.05, 4.69) is 12.1 Å². The first-order chi connectivity index (χ1) is 13.7. The van der Waals surface area contributed by atoms with Gasteiger partial charge in [0.05, 0.1) is 0 Å². The van der Waals surface area contributed by atoms with Crippen LogP contribution in [0.3, 0.4) is 0 Å². The van der Waals surface area contributed by atoms with E-state index in [1.54, 1.807) is 23.7 Å². The predicted octanol–water partition coefficient (Wildman–Crippen LogP) is 3.62. The Morgan fingerprint density at radius 2 is 1.71 bits per heavy atom. The van der Waals surface area contributed by atoms with E-state index in [1.807, 2.05) is 47.4 Å². The molecule has 2 aromatic rings. The van der Waals surface area contributed by atoms with Crippen LogP contribution in [0.4, 0.5) is 0 Å². The Morgan fingerprint density at radius 3 is 2.43 bits per heavy atom. The third-order valence-electron chi connectivity index (χ3n) is 4.87. The van der Waals surface area contributed by atoms with Crippen LogP contribution in [0.5, 0.6) is 0 Å². The summed E-state index contributed by atoms with van der Waals surface area (Å²) in [5.74, 6) is -0.186. The molecule has 1 aliphatic heterocycles. The molecule has 2 amide bonds. The predicted molar refractivity (Wildman–Crippen MR) is 109 cm³/mol. The van der Waals surface area contributed by atoms with Gasteiger partial charge in [-0.25, -0.2) is 5.48 Å². The number of piperidine rings is 1. The molecule has 0 bridgehead atoms. The highest BCUT2D eigenvalue weighted by Gasteiger charge is 2.23. The number of hydrogen-bond donors (Lipinski definition) is 2. The maximum Gasteiger partial charge on any atom is 0.267 e. The molecule has 0 spiro atoms. The molecule has 28 heavy (non-hydrogen) atoms. The SMILES string of the molecule is O=C(/C=C/c1cccc(/C=C/C(=O)N2CCC[C@H](c3ccccc3)C2)c1)NO. The van der Waals surface area contributed by atoms with Crippen molar-refractivity contribution in [2.75, 3.05) is 13.1 Å². The lowest BCUT2D eigenvalue weighted by Crippen LogP contribution is -2.38. The second-order valence-electron chi connectivity index (χ2n) is 6.85. The summed E-state index contributed by atoms with van der Waals surface area (Å²) in [5.41, 5.74) is 4.52. The molecular weight excluding hydrogens is 352 g/mol. The van der Waals surface area contributed by atoms with Crippen molar-refractivity contribution >= 4 is 24.0 Å². The van der Waals surface area contributed by atoms with E-state index >= 15 is 0 Å². The average molecular weight is 376 g/mol. The Hall–Kier alpha value is -3.18. The van der Waals surface area contributed by atoms with Gasteiger partial charge < -0.3 is 4.90 Å². The zero-order valence-corrected chi connectivity index (χ0v) is 15.6. The van der Waals surface area contributed by atoms with Crippen LogP contribution >= 0.6 is 0 Å². The van der Waals surface area contributed by atoms with Gasteiger partial charge in [-0.15, -0.1) is 0 Å². The van der Waals surface area contributed by atoms with Crippen LogP contribution in [0.15, 0.2) is 66.7 Å². The minimum Gasteiger partial charge on any atom is -0.339 e. The van der Waals surface area contributed by atoms with Crippen molar-refractivity contribution < 1.29 is 14.8 Å². The Labute approximate surface area is 164 Å². The summed E-state index contributed by atoms with van der Waals surface area (Å²) in [6.07, 6.45) is 8.35. The highest BCUT2D eigenvalue weighted by Crippen LogP contribution is 2.26. The van der Waals surface area contributed by atoms with Crippen molar-refractivity contribution in [3.05, 3.63) is 83.4 Å². The van der Waals surface area contributed by atoms with Crippen molar-refractivity contribution in [2.24, 2.45) is 0 Å². The maximum absolute atomic E-state index is 12.6. The normalized spacial score (nSPS) is 17.2. The minimum atomic E-state index is -0.589. The lowest BCUT2D eigenvalue weighted by molar-refractivity contribution is -0.127. The Kier molecular flexibility index (Phi) is 6.76. The summed E-state index contributed by atoms with van der Waals surface area (Å²) in [6.45, 7) is 1.53. The smallest absolute Gasteiger partial charge is 0.267 e. The van der Waals surface area contributed by atoms with Crippen molar-refractivity contribution in [2.45, 2.75) is 18.8 Å². The van der Waals surface area contributed by atoms with E-state index in [0.717, 1.165) is 37.1 Å². The van der Waals surface area contributed by atoms with Gasteiger partial charge in [-0.1, -0.05) is 48.5 Å². The van der Waals surface area contributed by atoms with Gasteiger partial charge in [-0.3, -0.25) is 14.8 Å². The molecule has 5 nitrogen and oxygen atoms in total. The number of nitrogens with one attached hydrogen (secondary N) is 1. The van der Waals surface area contributed by atoms with Crippen molar-refractivity contribution in [3.8, 4) is 0 Å². The summed E-state index contributed by atoms with van der Waals surface area (Å²) < 4.78 is 0. The third kappa shape index (κ3) is 5.41. The molecule has 0 aromatic heterocycles. The van der Waals surface area contributed by atoms with Gasteiger partial charge >= 0.3 is 0 Å². The third-order valence-corrected chi connectivity index (χ3v) is 4.87. The standard InChI is InChI=1S/C23H24N2O3/c26-22(24-28)13-11-18-6-4-7-19(16-18)12-14-23(27)25-15-5-10-21(17-25)20-8-2-1-3-9-20/h1-4,6-9,11-14,16,21,28H,5,10,15,17H2,(H,24,26)/b13-11+,14-12+/t21-/m0/s1. The van der Waals surface area contributed by atoms with Crippen LogP contribution in [-0.4, -0.2) is 35.0 Å². The summed E-state index contributed by atoms with van der Waals surface area (Å²) >= 11 is 0. The van der Waals surface area contributed by atoms with E-state index < -0.39 is 5.91 Å². The molecule has 0 aliphatic carbocycles. The molecule has 5 heteroatoms. The number of carbonyl (C=O) groups is 2.